The lowest BCUT2D eigenvalue weighted by atomic mass is 9.89. The van der Waals surface area contributed by atoms with E-state index in [1.807, 2.05) is 0 Å². The number of esters is 1. The van der Waals surface area contributed by atoms with Crippen LogP contribution in [0, 0.1) is 23.6 Å². The Bertz CT molecular complexity index is 1240. The van der Waals surface area contributed by atoms with Crippen molar-refractivity contribution in [2.75, 3.05) is 19.5 Å². The first-order chi connectivity index (χ1) is 18.5. The molecule has 1 amide bonds. The summed E-state index contributed by atoms with van der Waals surface area (Å²) in [6.45, 7) is 3.98. The molecule has 2 heterocycles. The first kappa shape index (κ1) is 30.3. The summed E-state index contributed by atoms with van der Waals surface area (Å²) in [5, 5.41) is 2.77. The summed E-state index contributed by atoms with van der Waals surface area (Å²) in [4.78, 5) is 39.2. The van der Waals surface area contributed by atoms with Gasteiger partial charge in [-0.15, -0.1) is 0 Å². The largest absolute Gasteiger partial charge is 0.494 e. The molecule has 2 bridgehead atoms. The van der Waals surface area contributed by atoms with Crippen molar-refractivity contribution in [3.8, 4) is 5.75 Å². The van der Waals surface area contributed by atoms with Crippen LogP contribution in [-0.4, -0.2) is 51.6 Å². The molecule has 10 heteroatoms. The molecule has 39 heavy (non-hydrogen) atoms. The normalized spacial score (nSPS) is 21.6. The zero-order valence-corrected chi connectivity index (χ0v) is 23.3. The van der Waals surface area contributed by atoms with Crippen LogP contribution in [0.2, 0.25) is 0 Å². The fourth-order valence-corrected chi connectivity index (χ4v) is 6.19. The topological polar surface area (TPSA) is 116 Å². The van der Waals surface area contributed by atoms with Crippen molar-refractivity contribution in [1.29, 1.82) is 0 Å². The Morgan fingerprint density at radius 3 is 2.33 bits per heavy atom. The molecule has 0 fully saturated rings. The molecular formula is C29H36FNO7S. The van der Waals surface area contributed by atoms with Gasteiger partial charge < -0.3 is 14.8 Å². The highest BCUT2D eigenvalue weighted by molar-refractivity contribution is 7.91. The van der Waals surface area contributed by atoms with Crippen molar-refractivity contribution in [1.82, 2.24) is 5.32 Å². The Hall–Kier alpha value is -3.27. The molecule has 8 nitrogen and oxygen atoms in total. The van der Waals surface area contributed by atoms with Gasteiger partial charge >= 0.3 is 5.97 Å². The van der Waals surface area contributed by atoms with Gasteiger partial charge in [0.1, 0.15) is 11.6 Å². The maximum atomic E-state index is 13.6. The number of carbonyl (C=O) groups excluding carboxylic acids is 3. The lowest BCUT2D eigenvalue weighted by Crippen LogP contribution is -2.48. The number of hydrogen-bond donors (Lipinski definition) is 1. The Balaban J connectivity index is 1.94. The van der Waals surface area contributed by atoms with Gasteiger partial charge in [0, 0.05) is 6.42 Å². The predicted molar refractivity (Wildman–Crippen MR) is 143 cm³/mol. The number of ketones is 1. The standard InChI is InChI=1S/C29H36FNO7S/c1-19(2)27-26(32)17-21(29(34)37-3)6-4-5-15-38-24-11-7-20(8-12-24)16-22(28(33)31-27)18-39(35,36)25-13-9-23(30)10-14-25/h7-14,19,21-22,27H,4-6,15-18H2,1-3H3,(H,31,33)/t21-,22-,27+/m1/s1. The van der Waals surface area contributed by atoms with E-state index < -0.39 is 51.2 Å². The van der Waals surface area contributed by atoms with Gasteiger partial charge in [0.2, 0.25) is 5.91 Å². The van der Waals surface area contributed by atoms with Crippen LogP contribution in [0.25, 0.3) is 0 Å². The van der Waals surface area contributed by atoms with Gasteiger partial charge in [-0.25, -0.2) is 12.8 Å². The summed E-state index contributed by atoms with van der Waals surface area (Å²) in [5.41, 5.74) is 0.722. The summed E-state index contributed by atoms with van der Waals surface area (Å²) < 4.78 is 50.5. The first-order valence-electron chi connectivity index (χ1n) is 13.1. The molecule has 0 aliphatic carbocycles. The van der Waals surface area contributed by atoms with Crippen molar-refractivity contribution in [3.63, 3.8) is 0 Å². The predicted octanol–water partition coefficient (Wildman–Crippen LogP) is 3.91. The number of ether oxygens (including phenoxy) is 2. The second kappa shape index (κ2) is 13.7. The van der Waals surface area contributed by atoms with E-state index in [9.17, 15) is 27.2 Å². The maximum absolute atomic E-state index is 13.6. The summed E-state index contributed by atoms with van der Waals surface area (Å²) in [5.74, 6) is -3.88. The summed E-state index contributed by atoms with van der Waals surface area (Å²) in [6.07, 6.45) is 1.74. The fraction of sp³-hybridized carbons (Fsp3) is 0.483. The minimum Gasteiger partial charge on any atom is -0.494 e. The van der Waals surface area contributed by atoms with Gasteiger partial charge in [-0.3, -0.25) is 14.4 Å². The van der Waals surface area contributed by atoms with Crippen molar-refractivity contribution < 1.29 is 36.7 Å². The SMILES string of the molecule is COC(=O)[C@@H]1CCCCOc2ccc(cc2)C[C@H](CS(=O)(=O)c2ccc(F)cc2)C(=O)N[C@@H](C(C)C)C(=O)C1. The number of hydrogen-bond acceptors (Lipinski definition) is 7. The number of fused-ring (bicyclic) bond motifs is 14. The smallest absolute Gasteiger partial charge is 0.309 e. The third-order valence-electron chi connectivity index (χ3n) is 6.88. The average molecular weight is 562 g/mol. The van der Waals surface area contributed by atoms with Crippen LogP contribution in [0.1, 0.15) is 45.1 Å². The van der Waals surface area contributed by atoms with Crippen LogP contribution in [0.15, 0.2) is 53.4 Å². The molecular weight excluding hydrogens is 525 g/mol. The van der Waals surface area contributed by atoms with Gasteiger partial charge in [0.15, 0.2) is 15.6 Å². The second-order valence-electron chi connectivity index (χ2n) is 10.2. The zero-order valence-electron chi connectivity index (χ0n) is 22.5. The second-order valence-corrected chi connectivity index (χ2v) is 12.3. The molecule has 0 radical (unpaired) electrons. The minimum atomic E-state index is -3.96. The van der Waals surface area contributed by atoms with E-state index in [1.54, 1.807) is 38.1 Å². The van der Waals surface area contributed by atoms with E-state index in [1.165, 1.54) is 19.2 Å². The van der Waals surface area contributed by atoms with E-state index in [0.717, 1.165) is 17.7 Å². The number of Topliss-reactive ketones (excluding diaryl/α,β-unsaturated/α-hetero) is 1. The molecule has 4 rings (SSSR count). The molecule has 0 spiro atoms. The van der Waals surface area contributed by atoms with Gasteiger partial charge in [-0.2, -0.15) is 0 Å². The minimum absolute atomic E-state index is 0.0936. The summed E-state index contributed by atoms with van der Waals surface area (Å²) >= 11 is 0. The van der Waals surface area contributed by atoms with Crippen molar-refractivity contribution >= 4 is 27.5 Å². The molecule has 0 saturated heterocycles. The number of nitrogens with one attached hydrogen (secondary N) is 1. The first-order valence-corrected chi connectivity index (χ1v) is 14.8. The van der Waals surface area contributed by atoms with Crippen molar-refractivity contribution in [2.24, 2.45) is 17.8 Å². The lowest BCUT2D eigenvalue weighted by molar-refractivity contribution is -0.147. The van der Waals surface area contributed by atoms with Crippen LogP contribution in [-0.2, 0) is 35.4 Å². The van der Waals surface area contributed by atoms with Crippen molar-refractivity contribution in [2.45, 2.75) is 56.9 Å². The monoisotopic (exact) mass is 561 g/mol. The Labute approximate surface area is 229 Å². The number of halogens is 1. The Kier molecular flexibility index (Phi) is 10.6. The number of carbonyl (C=O) groups is 3. The number of rotatable bonds is 5. The molecule has 2 aromatic rings. The molecule has 0 unspecified atom stereocenters. The van der Waals surface area contributed by atoms with E-state index >= 15 is 0 Å². The molecule has 212 valence electrons. The molecule has 2 aromatic carbocycles. The average Bonchev–Trinajstić information content (AvgIpc) is 2.90. The third-order valence-corrected chi connectivity index (χ3v) is 8.71. The van der Waals surface area contributed by atoms with Crippen LogP contribution in [0.4, 0.5) is 4.39 Å². The number of benzene rings is 2. The molecule has 0 saturated carbocycles. The van der Waals surface area contributed by atoms with Crippen LogP contribution in [0.5, 0.6) is 5.75 Å². The van der Waals surface area contributed by atoms with E-state index in [0.29, 0.717) is 31.6 Å². The van der Waals surface area contributed by atoms with Gasteiger partial charge in [0.05, 0.1) is 42.2 Å². The van der Waals surface area contributed by atoms with Crippen LogP contribution < -0.4 is 10.1 Å². The number of amides is 1. The van der Waals surface area contributed by atoms with Gasteiger partial charge in [0.25, 0.3) is 0 Å². The summed E-state index contributed by atoms with van der Waals surface area (Å²) in [6, 6.07) is 10.6. The molecule has 1 N–H and O–H groups in total. The van der Waals surface area contributed by atoms with E-state index in [2.05, 4.69) is 5.32 Å². The van der Waals surface area contributed by atoms with Gasteiger partial charge in [-0.1, -0.05) is 26.0 Å². The molecule has 2 aliphatic heterocycles. The maximum Gasteiger partial charge on any atom is 0.309 e. The van der Waals surface area contributed by atoms with Crippen LogP contribution in [0.3, 0.4) is 0 Å². The quantitative estimate of drug-likeness (QED) is 0.435. The highest BCUT2D eigenvalue weighted by Crippen LogP contribution is 2.23. The third kappa shape index (κ3) is 8.61. The number of methoxy groups -OCH3 is 1. The summed E-state index contributed by atoms with van der Waals surface area (Å²) in [7, 11) is -2.69. The molecule has 2 aliphatic rings. The lowest BCUT2D eigenvalue weighted by Gasteiger charge is -2.26. The fourth-order valence-electron chi connectivity index (χ4n) is 4.65. The Morgan fingerprint density at radius 2 is 1.72 bits per heavy atom. The van der Waals surface area contributed by atoms with E-state index in [4.69, 9.17) is 9.47 Å². The molecule has 3 atom stereocenters. The highest BCUT2D eigenvalue weighted by Gasteiger charge is 2.33. The van der Waals surface area contributed by atoms with Crippen LogP contribution >= 0.6 is 0 Å². The van der Waals surface area contributed by atoms with Crippen molar-refractivity contribution in [3.05, 3.63) is 59.9 Å². The van der Waals surface area contributed by atoms with Gasteiger partial charge in [-0.05, 0) is 73.6 Å². The highest BCUT2D eigenvalue weighted by atomic mass is 32.2. The Morgan fingerprint density at radius 1 is 1.05 bits per heavy atom. The molecule has 0 aromatic heterocycles. The zero-order chi connectivity index (χ0) is 28.6. The van der Waals surface area contributed by atoms with E-state index in [-0.39, 0.29) is 29.4 Å². The number of sulfone groups is 1.